The van der Waals surface area contributed by atoms with Crippen LogP contribution < -0.4 is 5.32 Å². The van der Waals surface area contributed by atoms with Crippen molar-refractivity contribution < 1.29 is 4.79 Å². The molecule has 1 atom stereocenters. The molecule has 1 N–H and O–H groups in total. The Hall–Kier alpha value is -0.530. The van der Waals surface area contributed by atoms with E-state index in [4.69, 9.17) is 0 Å². The maximum absolute atomic E-state index is 11.3. The van der Waals surface area contributed by atoms with Crippen LogP contribution in [0.5, 0.6) is 0 Å². The molecule has 0 aliphatic rings. The Morgan fingerprint density at radius 1 is 1.29 bits per heavy atom. The monoisotopic (exact) mass is 199 g/mol. The molecular weight excluding hydrogens is 174 g/mol. The van der Waals surface area contributed by atoms with E-state index in [9.17, 15) is 4.79 Å². The van der Waals surface area contributed by atoms with Crippen LogP contribution in [0.3, 0.4) is 0 Å². The molecule has 0 rings (SSSR count). The molecule has 0 heterocycles. The molecule has 0 unspecified atom stereocenters. The molecule has 0 radical (unpaired) electrons. The summed E-state index contributed by atoms with van der Waals surface area (Å²) in [6.45, 7) is 9.12. The van der Waals surface area contributed by atoms with E-state index < -0.39 is 0 Å². The number of unbranched alkanes of at least 4 members (excludes halogenated alkanes) is 1. The summed E-state index contributed by atoms with van der Waals surface area (Å²) < 4.78 is 0. The first kappa shape index (κ1) is 13.5. The predicted molar refractivity (Wildman–Crippen MR) is 61.2 cm³/mol. The van der Waals surface area contributed by atoms with E-state index in [-0.39, 0.29) is 11.8 Å². The number of amides is 1. The second kappa shape index (κ2) is 7.84. The second-order valence-corrected chi connectivity index (χ2v) is 4.32. The molecular formula is C12H25NO. The van der Waals surface area contributed by atoms with Crippen LogP contribution in [0.25, 0.3) is 0 Å². The Morgan fingerprint density at radius 3 is 2.36 bits per heavy atom. The molecule has 14 heavy (non-hydrogen) atoms. The van der Waals surface area contributed by atoms with E-state index >= 15 is 0 Å². The molecule has 0 saturated carbocycles. The minimum Gasteiger partial charge on any atom is -0.356 e. The standard InChI is InChI=1S/C12H25NO/c1-5-7-8-11(6-2)9-13-12(14)10(3)4/h10-11H,5-9H2,1-4H3,(H,13,14)/t11-/m1/s1. The lowest BCUT2D eigenvalue weighted by molar-refractivity contribution is -0.124. The van der Waals surface area contributed by atoms with Crippen LogP contribution in [0.1, 0.15) is 53.4 Å². The van der Waals surface area contributed by atoms with Gasteiger partial charge >= 0.3 is 0 Å². The van der Waals surface area contributed by atoms with E-state index in [1.807, 2.05) is 13.8 Å². The highest BCUT2D eigenvalue weighted by molar-refractivity contribution is 5.77. The maximum atomic E-state index is 11.3. The second-order valence-electron chi connectivity index (χ2n) is 4.32. The zero-order valence-electron chi connectivity index (χ0n) is 10.1. The smallest absolute Gasteiger partial charge is 0.222 e. The third kappa shape index (κ3) is 6.01. The summed E-state index contributed by atoms with van der Waals surface area (Å²) in [5.74, 6) is 0.955. The van der Waals surface area contributed by atoms with Gasteiger partial charge in [-0.1, -0.05) is 47.0 Å². The number of hydrogen-bond donors (Lipinski definition) is 1. The highest BCUT2D eigenvalue weighted by Crippen LogP contribution is 2.11. The molecule has 0 fully saturated rings. The zero-order valence-corrected chi connectivity index (χ0v) is 10.1. The van der Waals surface area contributed by atoms with Crippen molar-refractivity contribution in [2.45, 2.75) is 53.4 Å². The molecule has 0 aromatic rings. The first-order valence-electron chi connectivity index (χ1n) is 5.89. The van der Waals surface area contributed by atoms with E-state index in [0.717, 1.165) is 6.54 Å². The Bertz CT molecular complexity index is 154. The average molecular weight is 199 g/mol. The summed E-state index contributed by atoms with van der Waals surface area (Å²) in [7, 11) is 0. The van der Waals surface area contributed by atoms with Crippen LogP contribution >= 0.6 is 0 Å². The van der Waals surface area contributed by atoms with Gasteiger partial charge in [-0.05, 0) is 12.3 Å². The quantitative estimate of drug-likeness (QED) is 0.671. The summed E-state index contributed by atoms with van der Waals surface area (Å²) in [4.78, 5) is 11.3. The normalized spacial score (nSPS) is 12.9. The Kier molecular flexibility index (Phi) is 7.54. The average Bonchev–Trinajstić information content (AvgIpc) is 2.17. The molecule has 0 saturated heterocycles. The molecule has 2 heteroatoms. The van der Waals surface area contributed by atoms with E-state index in [0.29, 0.717) is 5.92 Å². The van der Waals surface area contributed by atoms with Gasteiger partial charge in [0.15, 0.2) is 0 Å². The Labute approximate surface area is 88.5 Å². The van der Waals surface area contributed by atoms with Crippen molar-refractivity contribution in [3.63, 3.8) is 0 Å². The minimum atomic E-state index is 0.110. The van der Waals surface area contributed by atoms with Crippen LogP contribution in [0.2, 0.25) is 0 Å². The molecule has 0 aliphatic carbocycles. The fourth-order valence-corrected chi connectivity index (χ4v) is 1.39. The summed E-state index contributed by atoms with van der Waals surface area (Å²) in [6.07, 6.45) is 4.93. The molecule has 2 nitrogen and oxygen atoms in total. The van der Waals surface area contributed by atoms with Crippen LogP contribution in [0, 0.1) is 11.8 Å². The van der Waals surface area contributed by atoms with Gasteiger partial charge in [-0.15, -0.1) is 0 Å². The third-order valence-corrected chi connectivity index (χ3v) is 2.63. The van der Waals surface area contributed by atoms with Gasteiger partial charge in [-0.2, -0.15) is 0 Å². The first-order chi connectivity index (χ1) is 6.61. The zero-order chi connectivity index (χ0) is 11.0. The number of carbonyl (C=O) groups excluding carboxylic acids is 1. The van der Waals surface area contributed by atoms with Gasteiger partial charge in [0.05, 0.1) is 0 Å². The van der Waals surface area contributed by atoms with Gasteiger partial charge in [0.1, 0.15) is 0 Å². The van der Waals surface area contributed by atoms with Crippen molar-refractivity contribution in [2.24, 2.45) is 11.8 Å². The van der Waals surface area contributed by atoms with Gasteiger partial charge in [-0.25, -0.2) is 0 Å². The molecule has 0 aromatic heterocycles. The fourth-order valence-electron chi connectivity index (χ4n) is 1.39. The van der Waals surface area contributed by atoms with Gasteiger partial charge in [0, 0.05) is 12.5 Å². The Balaban J connectivity index is 3.66. The van der Waals surface area contributed by atoms with Crippen molar-refractivity contribution in [3.05, 3.63) is 0 Å². The molecule has 0 bridgehead atoms. The van der Waals surface area contributed by atoms with E-state index in [1.165, 1.54) is 25.7 Å². The largest absolute Gasteiger partial charge is 0.356 e. The summed E-state index contributed by atoms with van der Waals surface area (Å²) >= 11 is 0. The summed E-state index contributed by atoms with van der Waals surface area (Å²) in [6, 6.07) is 0. The molecule has 1 amide bonds. The third-order valence-electron chi connectivity index (χ3n) is 2.63. The lowest BCUT2D eigenvalue weighted by atomic mass is 9.99. The van der Waals surface area contributed by atoms with Crippen molar-refractivity contribution in [2.75, 3.05) is 6.54 Å². The van der Waals surface area contributed by atoms with Crippen molar-refractivity contribution >= 4 is 5.91 Å². The van der Waals surface area contributed by atoms with E-state index in [1.54, 1.807) is 0 Å². The Morgan fingerprint density at radius 2 is 1.93 bits per heavy atom. The maximum Gasteiger partial charge on any atom is 0.222 e. The predicted octanol–water partition coefficient (Wildman–Crippen LogP) is 2.98. The van der Waals surface area contributed by atoms with Gasteiger partial charge in [0.2, 0.25) is 5.91 Å². The van der Waals surface area contributed by atoms with Gasteiger partial charge < -0.3 is 5.32 Å². The minimum absolute atomic E-state index is 0.110. The fraction of sp³-hybridized carbons (Fsp3) is 0.917. The molecule has 84 valence electrons. The first-order valence-corrected chi connectivity index (χ1v) is 5.89. The number of carbonyl (C=O) groups is 1. The van der Waals surface area contributed by atoms with Crippen molar-refractivity contribution in [3.8, 4) is 0 Å². The lowest BCUT2D eigenvalue weighted by Gasteiger charge is -2.16. The lowest BCUT2D eigenvalue weighted by Crippen LogP contribution is -2.32. The van der Waals surface area contributed by atoms with Gasteiger partial charge in [-0.3, -0.25) is 4.79 Å². The summed E-state index contributed by atoms with van der Waals surface area (Å²) in [5.41, 5.74) is 0. The topological polar surface area (TPSA) is 29.1 Å². The number of rotatable bonds is 7. The number of nitrogens with one attached hydrogen (secondary N) is 1. The van der Waals surface area contributed by atoms with Crippen LogP contribution in [-0.2, 0) is 4.79 Å². The SMILES string of the molecule is CCCC[C@@H](CC)CNC(=O)C(C)C. The molecule has 0 spiro atoms. The van der Waals surface area contributed by atoms with Gasteiger partial charge in [0.25, 0.3) is 0 Å². The number of hydrogen-bond acceptors (Lipinski definition) is 1. The van der Waals surface area contributed by atoms with Crippen LogP contribution in [0.15, 0.2) is 0 Å². The van der Waals surface area contributed by atoms with Crippen LogP contribution in [0.4, 0.5) is 0 Å². The van der Waals surface area contributed by atoms with Crippen molar-refractivity contribution in [1.29, 1.82) is 0 Å². The highest BCUT2D eigenvalue weighted by atomic mass is 16.1. The van der Waals surface area contributed by atoms with Crippen molar-refractivity contribution in [1.82, 2.24) is 5.32 Å². The summed E-state index contributed by atoms with van der Waals surface area (Å²) in [5, 5.41) is 3.00. The van der Waals surface area contributed by atoms with Crippen LogP contribution in [-0.4, -0.2) is 12.5 Å². The van der Waals surface area contributed by atoms with E-state index in [2.05, 4.69) is 19.2 Å². The highest BCUT2D eigenvalue weighted by Gasteiger charge is 2.10. The molecule has 0 aliphatic heterocycles. The molecule has 0 aromatic carbocycles.